The molecule has 0 aliphatic heterocycles. The van der Waals surface area contributed by atoms with Crippen LogP contribution in [0.2, 0.25) is 0 Å². The van der Waals surface area contributed by atoms with Crippen molar-refractivity contribution in [2.75, 3.05) is 13.7 Å². The van der Waals surface area contributed by atoms with E-state index in [0.717, 1.165) is 6.08 Å². The van der Waals surface area contributed by atoms with E-state index in [9.17, 15) is 4.79 Å². The van der Waals surface area contributed by atoms with Gasteiger partial charge in [0.15, 0.2) is 0 Å². The number of hydrogen-bond donors (Lipinski definition) is 1. The fourth-order valence-electron chi connectivity index (χ4n) is 1.54. The molecule has 0 aliphatic rings. The lowest BCUT2D eigenvalue weighted by Gasteiger charge is -2.16. The third-order valence-corrected chi connectivity index (χ3v) is 2.91. The Balaban J connectivity index is 2.87. The normalized spacial score (nSPS) is 11.1. The molecule has 1 aromatic carbocycles. The second-order valence-corrected chi connectivity index (χ2v) is 5.17. The van der Waals surface area contributed by atoms with Crippen LogP contribution in [0, 0.1) is 16.7 Å². The van der Waals surface area contributed by atoms with E-state index in [1.54, 1.807) is 25.3 Å². The highest BCUT2D eigenvalue weighted by molar-refractivity contribution is 5.86. The number of ether oxygens (including phenoxy) is 2. The molecule has 0 atom stereocenters. The highest BCUT2D eigenvalue weighted by Gasteiger charge is 2.16. The van der Waals surface area contributed by atoms with E-state index >= 15 is 0 Å². The minimum atomic E-state index is -1.03. The van der Waals surface area contributed by atoms with Gasteiger partial charge in [-0.15, -0.1) is 0 Å². The molecule has 0 radical (unpaired) electrons. The number of nitriles is 1. The van der Waals surface area contributed by atoms with Crippen LogP contribution in [-0.2, 0) is 4.79 Å². The molecule has 5 heteroatoms. The molecule has 0 amide bonds. The molecule has 1 aromatic rings. The van der Waals surface area contributed by atoms with E-state index in [4.69, 9.17) is 19.8 Å². The minimum Gasteiger partial charge on any atom is -0.497 e. The quantitative estimate of drug-likeness (QED) is 0.780. The molecule has 0 unspecified atom stereocenters. The summed E-state index contributed by atoms with van der Waals surface area (Å²) >= 11 is 0. The first-order valence-electron chi connectivity index (χ1n) is 6.51. The van der Waals surface area contributed by atoms with Crippen LogP contribution in [-0.4, -0.2) is 24.8 Å². The number of rotatable bonds is 7. The van der Waals surface area contributed by atoms with Crippen molar-refractivity contribution < 1.29 is 19.4 Å². The lowest BCUT2D eigenvalue weighted by molar-refractivity contribution is -0.131. The third-order valence-electron chi connectivity index (χ3n) is 2.91. The molecule has 0 aliphatic carbocycles. The van der Waals surface area contributed by atoms with Crippen molar-refractivity contribution in [1.82, 2.24) is 0 Å². The summed E-state index contributed by atoms with van der Waals surface area (Å²) in [5, 5.41) is 17.7. The van der Waals surface area contributed by atoms with Gasteiger partial charge in [-0.1, -0.05) is 0 Å². The van der Waals surface area contributed by atoms with Crippen LogP contribution in [0.25, 0.3) is 6.08 Å². The Bertz CT molecular complexity index is 570. The van der Waals surface area contributed by atoms with Crippen molar-refractivity contribution in [3.8, 4) is 17.6 Å². The number of carboxylic acids is 1. The number of nitrogens with zero attached hydrogens (tertiary/aromatic N) is 1. The number of aliphatic carboxylic acids is 1. The first-order valence-corrected chi connectivity index (χ1v) is 6.51. The van der Waals surface area contributed by atoms with E-state index in [1.807, 2.05) is 13.8 Å². The average Bonchev–Trinajstić information content (AvgIpc) is 2.45. The summed E-state index contributed by atoms with van der Waals surface area (Å²) in [4.78, 5) is 10.6. The van der Waals surface area contributed by atoms with E-state index < -0.39 is 11.4 Å². The number of carbonyl (C=O) groups is 1. The Morgan fingerprint density at radius 2 is 2.19 bits per heavy atom. The molecule has 0 spiro atoms. The molecule has 1 rings (SSSR count). The van der Waals surface area contributed by atoms with Gasteiger partial charge in [0.25, 0.3) is 0 Å². The zero-order chi connectivity index (χ0) is 15.9. The fourth-order valence-corrected chi connectivity index (χ4v) is 1.54. The van der Waals surface area contributed by atoms with Crippen LogP contribution < -0.4 is 9.47 Å². The van der Waals surface area contributed by atoms with Gasteiger partial charge in [0.1, 0.15) is 11.5 Å². The van der Waals surface area contributed by atoms with Gasteiger partial charge in [-0.3, -0.25) is 0 Å². The Hall–Kier alpha value is -2.48. The van der Waals surface area contributed by atoms with Crippen molar-refractivity contribution in [1.29, 1.82) is 5.26 Å². The first-order chi connectivity index (χ1) is 9.88. The van der Waals surface area contributed by atoms with Crippen LogP contribution in [0.1, 0.15) is 25.8 Å². The van der Waals surface area contributed by atoms with Crippen molar-refractivity contribution in [3.05, 3.63) is 29.8 Å². The van der Waals surface area contributed by atoms with Gasteiger partial charge in [-0.05, 0) is 38.5 Å². The maximum atomic E-state index is 10.6. The van der Waals surface area contributed by atoms with Gasteiger partial charge < -0.3 is 14.6 Å². The maximum Gasteiger partial charge on any atom is 0.328 e. The van der Waals surface area contributed by atoms with Crippen molar-refractivity contribution >= 4 is 12.0 Å². The lowest BCUT2D eigenvalue weighted by Crippen LogP contribution is -2.13. The second-order valence-electron chi connectivity index (χ2n) is 5.17. The van der Waals surface area contributed by atoms with Crippen LogP contribution in [0.3, 0.4) is 0 Å². The Labute approximate surface area is 124 Å². The summed E-state index contributed by atoms with van der Waals surface area (Å²) < 4.78 is 10.8. The van der Waals surface area contributed by atoms with Gasteiger partial charge in [0.2, 0.25) is 0 Å². The Morgan fingerprint density at radius 3 is 2.76 bits per heavy atom. The van der Waals surface area contributed by atoms with E-state index in [1.165, 1.54) is 6.08 Å². The summed E-state index contributed by atoms with van der Waals surface area (Å²) in [6, 6.07) is 7.36. The zero-order valence-electron chi connectivity index (χ0n) is 12.4. The molecule has 0 saturated heterocycles. The largest absolute Gasteiger partial charge is 0.497 e. The van der Waals surface area contributed by atoms with E-state index in [2.05, 4.69) is 6.07 Å². The zero-order valence-corrected chi connectivity index (χ0v) is 12.4. The summed E-state index contributed by atoms with van der Waals surface area (Å²) in [7, 11) is 1.55. The predicted octanol–water partition coefficient (Wildman–Crippen LogP) is 3.11. The minimum absolute atomic E-state index is 0.363. The smallest absolute Gasteiger partial charge is 0.328 e. The van der Waals surface area contributed by atoms with Gasteiger partial charge in [0, 0.05) is 17.7 Å². The molecule has 0 heterocycles. The third kappa shape index (κ3) is 5.57. The summed E-state index contributed by atoms with van der Waals surface area (Å²) in [5.74, 6) is 0.125. The Kier molecular flexibility index (Phi) is 5.79. The van der Waals surface area contributed by atoms with Crippen molar-refractivity contribution in [2.24, 2.45) is 5.41 Å². The number of benzene rings is 1. The lowest BCUT2D eigenvalue weighted by atomic mass is 9.92. The van der Waals surface area contributed by atoms with Gasteiger partial charge >= 0.3 is 5.97 Å². The molecule has 21 heavy (non-hydrogen) atoms. The van der Waals surface area contributed by atoms with Crippen LogP contribution in [0.4, 0.5) is 0 Å². The summed E-state index contributed by atoms with van der Waals surface area (Å²) in [6.45, 7) is 4.04. The van der Waals surface area contributed by atoms with Crippen LogP contribution >= 0.6 is 0 Å². The second kappa shape index (κ2) is 7.34. The maximum absolute atomic E-state index is 10.6. The predicted molar refractivity (Wildman–Crippen MR) is 79.2 cm³/mol. The Morgan fingerprint density at radius 1 is 1.48 bits per heavy atom. The topological polar surface area (TPSA) is 79.6 Å². The molecular formula is C16H19NO4. The summed E-state index contributed by atoms with van der Waals surface area (Å²) in [6.07, 6.45) is 3.09. The molecule has 5 nitrogen and oxygen atoms in total. The molecule has 0 fully saturated rings. The van der Waals surface area contributed by atoms with Crippen molar-refractivity contribution in [3.63, 3.8) is 0 Å². The number of methoxy groups -OCH3 is 1. The van der Waals surface area contributed by atoms with Gasteiger partial charge in [-0.25, -0.2) is 4.79 Å². The number of hydrogen-bond acceptors (Lipinski definition) is 4. The monoisotopic (exact) mass is 289 g/mol. The fraction of sp³-hybridized carbons (Fsp3) is 0.375. The molecular weight excluding hydrogens is 270 g/mol. The standard InChI is InChI=1S/C16H19NO4/c1-16(2,11-17)8-9-21-14-10-13(20-3)6-4-12(14)5-7-15(18)19/h4-7,10H,8-9H2,1-3H3,(H,18,19). The molecule has 1 N–H and O–H groups in total. The molecule has 0 aromatic heterocycles. The molecule has 112 valence electrons. The van der Waals surface area contributed by atoms with Crippen LogP contribution in [0.5, 0.6) is 11.5 Å². The number of carboxylic acid groups (broad SMARTS) is 1. The summed E-state index contributed by atoms with van der Waals surface area (Å²) in [5.41, 5.74) is 0.184. The van der Waals surface area contributed by atoms with Crippen LogP contribution in [0.15, 0.2) is 24.3 Å². The highest BCUT2D eigenvalue weighted by Crippen LogP contribution is 2.27. The van der Waals surface area contributed by atoms with E-state index in [0.29, 0.717) is 30.1 Å². The highest BCUT2D eigenvalue weighted by atomic mass is 16.5. The first kappa shape index (κ1) is 16.6. The van der Waals surface area contributed by atoms with Crippen molar-refractivity contribution in [2.45, 2.75) is 20.3 Å². The molecule has 0 bridgehead atoms. The van der Waals surface area contributed by atoms with Gasteiger partial charge in [-0.2, -0.15) is 5.26 Å². The van der Waals surface area contributed by atoms with E-state index in [-0.39, 0.29) is 0 Å². The molecule has 0 saturated carbocycles. The van der Waals surface area contributed by atoms with Gasteiger partial charge in [0.05, 0.1) is 25.2 Å². The average molecular weight is 289 g/mol. The SMILES string of the molecule is COc1ccc(C=CC(=O)O)c(OCCC(C)(C)C#N)c1.